The molecule has 1 aliphatic carbocycles. The van der Waals surface area contributed by atoms with Gasteiger partial charge in [-0.25, -0.2) is 0 Å². The molecule has 0 spiro atoms. The Morgan fingerprint density at radius 3 is 2.42 bits per heavy atom. The molecule has 0 aromatic rings. The van der Waals surface area contributed by atoms with E-state index in [1.807, 2.05) is 0 Å². The summed E-state index contributed by atoms with van der Waals surface area (Å²) in [5.41, 5.74) is 0.486. The largest absolute Gasteiger partial charge is 0.511 e. The smallest absolute Gasteiger partial charge is 0.226 e. The maximum absolute atomic E-state index is 11.8. The molecule has 1 fully saturated rings. The average molecular weight is 265 g/mol. The van der Waals surface area contributed by atoms with Crippen LogP contribution in [0.25, 0.3) is 0 Å². The van der Waals surface area contributed by atoms with Gasteiger partial charge in [-0.05, 0) is 12.3 Å². The van der Waals surface area contributed by atoms with Gasteiger partial charge in [0, 0.05) is 32.1 Å². The number of imide groups is 1. The van der Waals surface area contributed by atoms with Crippen LogP contribution in [-0.4, -0.2) is 28.4 Å². The van der Waals surface area contributed by atoms with E-state index in [-0.39, 0.29) is 59.8 Å². The number of ketones is 1. The first-order valence-electron chi connectivity index (χ1n) is 6.37. The summed E-state index contributed by atoms with van der Waals surface area (Å²) in [7, 11) is 0. The summed E-state index contributed by atoms with van der Waals surface area (Å²) in [5.74, 6) is -0.964. The van der Waals surface area contributed by atoms with Crippen molar-refractivity contribution in [3.8, 4) is 0 Å². The van der Waals surface area contributed by atoms with Gasteiger partial charge in [0.05, 0.1) is 0 Å². The standard InChI is InChI=1S/C13H16N2O4/c14-8(13-9(16)2-1-3-10(13)17)4-7-5-11(18)15-12(19)6-7/h7,14,16H,1-6H2,(H,15,18,19)/p+1. The Balaban J connectivity index is 2.06. The summed E-state index contributed by atoms with van der Waals surface area (Å²) in [6.45, 7) is 0. The van der Waals surface area contributed by atoms with Crippen molar-refractivity contribution in [1.29, 1.82) is 0 Å². The van der Waals surface area contributed by atoms with Gasteiger partial charge in [-0.1, -0.05) is 0 Å². The lowest BCUT2D eigenvalue weighted by atomic mass is 9.85. The number of carbonyl (C=O) groups excluding carboxylic acids is 3. The second-order valence-electron chi connectivity index (χ2n) is 5.07. The van der Waals surface area contributed by atoms with Crippen LogP contribution in [-0.2, 0) is 14.4 Å². The molecular weight excluding hydrogens is 248 g/mol. The molecule has 6 heteroatoms. The van der Waals surface area contributed by atoms with Crippen LogP contribution < -0.4 is 10.7 Å². The fourth-order valence-electron chi connectivity index (χ4n) is 2.60. The van der Waals surface area contributed by atoms with E-state index in [0.29, 0.717) is 19.3 Å². The maximum Gasteiger partial charge on any atom is 0.226 e. The van der Waals surface area contributed by atoms with Crippen molar-refractivity contribution >= 4 is 23.3 Å². The van der Waals surface area contributed by atoms with Gasteiger partial charge in [-0.15, -0.1) is 0 Å². The van der Waals surface area contributed by atoms with Crippen LogP contribution in [0, 0.1) is 5.92 Å². The van der Waals surface area contributed by atoms with Crippen LogP contribution in [0.4, 0.5) is 0 Å². The Morgan fingerprint density at radius 2 is 1.84 bits per heavy atom. The number of carbonyl (C=O) groups is 3. The number of nitrogens with two attached hydrogens (primary N) is 1. The predicted molar refractivity (Wildman–Crippen MR) is 65.9 cm³/mol. The number of piperidine rings is 1. The van der Waals surface area contributed by atoms with E-state index >= 15 is 0 Å². The summed E-state index contributed by atoms with van der Waals surface area (Å²) in [6, 6.07) is 0. The van der Waals surface area contributed by atoms with Crippen LogP contribution in [0.15, 0.2) is 11.3 Å². The van der Waals surface area contributed by atoms with E-state index in [1.165, 1.54) is 0 Å². The molecule has 0 unspecified atom stereocenters. The molecule has 0 aromatic carbocycles. The Bertz CT molecular complexity index is 477. The average Bonchev–Trinajstić information content (AvgIpc) is 2.26. The number of hydrogen-bond acceptors (Lipinski definition) is 4. The Morgan fingerprint density at radius 1 is 1.21 bits per heavy atom. The van der Waals surface area contributed by atoms with E-state index in [0.717, 1.165) is 0 Å². The van der Waals surface area contributed by atoms with Crippen LogP contribution in [0.5, 0.6) is 0 Å². The highest BCUT2D eigenvalue weighted by Crippen LogP contribution is 2.24. The molecule has 6 nitrogen and oxygen atoms in total. The molecule has 1 heterocycles. The fourth-order valence-corrected chi connectivity index (χ4v) is 2.60. The van der Waals surface area contributed by atoms with Crippen molar-refractivity contribution in [2.24, 2.45) is 5.92 Å². The number of rotatable bonds is 3. The second kappa shape index (κ2) is 5.34. The molecular formula is C13H17N2O4+. The molecule has 2 aliphatic rings. The van der Waals surface area contributed by atoms with Crippen molar-refractivity contribution < 1.29 is 24.9 Å². The van der Waals surface area contributed by atoms with Crippen LogP contribution >= 0.6 is 0 Å². The Labute approximate surface area is 110 Å². The third kappa shape index (κ3) is 3.07. The molecule has 4 N–H and O–H groups in total. The second-order valence-corrected chi connectivity index (χ2v) is 5.07. The molecule has 0 atom stereocenters. The van der Waals surface area contributed by atoms with Crippen molar-refractivity contribution in [3.05, 3.63) is 11.3 Å². The molecule has 0 aromatic heterocycles. The van der Waals surface area contributed by atoms with Gasteiger partial charge in [-0.3, -0.25) is 25.1 Å². The Hall–Kier alpha value is -1.98. The molecule has 0 radical (unpaired) electrons. The van der Waals surface area contributed by atoms with Gasteiger partial charge in [0.15, 0.2) is 11.5 Å². The molecule has 1 aliphatic heterocycles. The first-order valence-corrected chi connectivity index (χ1v) is 6.37. The number of hydrogen-bond donors (Lipinski definition) is 3. The van der Waals surface area contributed by atoms with Gasteiger partial charge in [0.1, 0.15) is 11.3 Å². The highest BCUT2D eigenvalue weighted by molar-refractivity contribution is 6.21. The van der Waals surface area contributed by atoms with E-state index in [9.17, 15) is 19.5 Å². The topological polar surface area (TPSA) is 109 Å². The normalized spacial score (nSPS) is 21.6. The molecule has 0 bridgehead atoms. The van der Waals surface area contributed by atoms with Crippen molar-refractivity contribution in [3.63, 3.8) is 0 Å². The minimum Gasteiger partial charge on any atom is -0.511 e. The minimum absolute atomic E-state index is 0.0281. The number of aliphatic hydroxyl groups is 1. The SMILES string of the molecule is [NH2+]=C(CC1CC(=O)NC(=O)C1)C1=C(O)CCCC1=O. The van der Waals surface area contributed by atoms with E-state index in [4.69, 9.17) is 5.41 Å². The van der Waals surface area contributed by atoms with Crippen LogP contribution in [0.3, 0.4) is 0 Å². The summed E-state index contributed by atoms with van der Waals surface area (Å²) in [5, 5.41) is 17.9. The van der Waals surface area contributed by atoms with Crippen LogP contribution in [0.1, 0.15) is 38.5 Å². The highest BCUT2D eigenvalue weighted by Gasteiger charge is 2.32. The number of nitrogens with one attached hydrogen (secondary N) is 1. The Kier molecular flexibility index (Phi) is 3.78. The summed E-state index contributed by atoms with van der Waals surface area (Å²) in [6.07, 6.45) is 2.18. The first kappa shape index (κ1) is 13.5. The minimum atomic E-state index is -0.317. The summed E-state index contributed by atoms with van der Waals surface area (Å²) in [4.78, 5) is 34.3. The number of aliphatic hydroxyl groups excluding tert-OH is 1. The third-order valence-corrected chi connectivity index (χ3v) is 3.44. The quantitative estimate of drug-likeness (QED) is 0.458. The van der Waals surface area contributed by atoms with E-state index in [1.54, 1.807) is 0 Å². The van der Waals surface area contributed by atoms with Gasteiger partial charge >= 0.3 is 0 Å². The molecule has 1 saturated heterocycles. The number of Topliss-reactive ketones (excluding diaryl/α,β-unsaturated/α-hetero) is 1. The van der Waals surface area contributed by atoms with Gasteiger partial charge < -0.3 is 5.11 Å². The lowest BCUT2D eigenvalue weighted by Crippen LogP contribution is -2.47. The predicted octanol–water partition coefficient (Wildman–Crippen LogP) is -0.806. The highest BCUT2D eigenvalue weighted by atomic mass is 16.3. The summed E-state index contributed by atoms with van der Waals surface area (Å²) < 4.78 is 0. The van der Waals surface area contributed by atoms with Crippen molar-refractivity contribution in [1.82, 2.24) is 5.32 Å². The maximum atomic E-state index is 11.8. The van der Waals surface area contributed by atoms with Crippen molar-refractivity contribution in [2.45, 2.75) is 38.5 Å². The van der Waals surface area contributed by atoms with E-state index < -0.39 is 0 Å². The van der Waals surface area contributed by atoms with E-state index in [2.05, 4.69) is 5.32 Å². The van der Waals surface area contributed by atoms with Gasteiger partial charge in [-0.2, -0.15) is 0 Å². The molecule has 19 heavy (non-hydrogen) atoms. The first-order chi connectivity index (χ1) is 8.97. The summed E-state index contributed by atoms with van der Waals surface area (Å²) >= 11 is 0. The molecule has 2 rings (SSSR count). The molecule has 0 saturated carbocycles. The molecule has 2 amide bonds. The van der Waals surface area contributed by atoms with Gasteiger partial charge in [0.25, 0.3) is 0 Å². The van der Waals surface area contributed by atoms with Gasteiger partial charge in [0.2, 0.25) is 11.8 Å². The fraction of sp³-hybridized carbons (Fsp3) is 0.538. The van der Waals surface area contributed by atoms with Crippen molar-refractivity contribution in [2.75, 3.05) is 0 Å². The zero-order valence-electron chi connectivity index (χ0n) is 10.6. The monoisotopic (exact) mass is 265 g/mol. The molecule has 102 valence electrons. The van der Waals surface area contributed by atoms with Crippen LogP contribution in [0.2, 0.25) is 0 Å². The lowest BCUT2D eigenvalue weighted by molar-refractivity contribution is -0.135. The zero-order valence-corrected chi connectivity index (χ0v) is 10.6. The lowest BCUT2D eigenvalue weighted by Gasteiger charge is -2.21. The number of allylic oxidation sites excluding steroid dienone is 2. The third-order valence-electron chi connectivity index (χ3n) is 3.44. The zero-order chi connectivity index (χ0) is 14.0. The number of amides is 2.